The minimum Gasteiger partial charge on any atom is -0.355 e. The standard InChI is InChI=1S/C15H18FN3O/c1-5-11(9-7-8-10(3)16)14-13(15(20)17-4)12(6-2)18-19-14/h5-8H,2-3,9H2,1,4H3,(H,17,20)(H,18,19)/b8-7-,11-5+. The van der Waals surface area contributed by atoms with Gasteiger partial charge in [-0.05, 0) is 31.1 Å². The molecule has 106 valence electrons. The maximum absolute atomic E-state index is 12.6. The summed E-state index contributed by atoms with van der Waals surface area (Å²) in [5.41, 5.74) is 2.34. The van der Waals surface area contributed by atoms with Crippen LogP contribution in [-0.2, 0) is 0 Å². The molecule has 1 rings (SSSR count). The van der Waals surface area contributed by atoms with E-state index in [2.05, 4.69) is 28.7 Å². The van der Waals surface area contributed by atoms with Crippen molar-refractivity contribution in [1.82, 2.24) is 15.5 Å². The fraction of sp³-hybridized carbons (Fsp3) is 0.200. The molecule has 0 radical (unpaired) electrons. The first kappa shape index (κ1) is 15.6. The number of carbonyl (C=O) groups excluding carboxylic acids is 1. The molecule has 2 N–H and O–H groups in total. The summed E-state index contributed by atoms with van der Waals surface area (Å²) in [6, 6.07) is 0. The van der Waals surface area contributed by atoms with Crippen molar-refractivity contribution in [2.24, 2.45) is 0 Å². The van der Waals surface area contributed by atoms with Crippen LogP contribution < -0.4 is 5.32 Å². The van der Waals surface area contributed by atoms with Gasteiger partial charge in [-0.25, -0.2) is 4.39 Å². The molecule has 0 saturated heterocycles. The quantitative estimate of drug-likeness (QED) is 0.783. The summed E-state index contributed by atoms with van der Waals surface area (Å²) in [6.45, 7) is 8.64. The van der Waals surface area contributed by atoms with E-state index in [1.54, 1.807) is 13.1 Å². The number of aromatic nitrogens is 2. The van der Waals surface area contributed by atoms with Gasteiger partial charge in [0.25, 0.3) is 5.91 Å². The topological polar surface area (TPSA) is 57.8 Å². The molecule has 0 unspecified atom stereocenters. The van der Waals surface area contributed by atoms with E-state index < -0.39 is 5.83 Å². The predicted octanol–water partition coefficient (Wildman–Crippen LogP) is 3.25. The average Bonchev–Trinajstić information content (AvgIpc) is 2.86. The van der Waals surface area contributed by atoms with Gasteiger partial charge in [0.05, 0.1) is 11.3 Å². The first-order chi connectivity index (χ1) is 9.54. The van der Waals surface area contributed by atoms with Crippen LogP contribution in [0, 0.1) is 0 Å². The van der Waals surface area contributed by atoms with Crippen LogP contribution in [-0.4, -0.2) is 23.2 Å². The summed E-state index contributed by atoms with van der Waals surface area (Å²) in [5, 5.41) is 9.49. The van der Waals surface area contributed by atoms with Crippen LogP contribution in [0.2, 0.25) is 0 Å². The number of H-pyrrole nitrogens is 1. The number of nitrogens with zero attached hydrogens (tertiary/aromatic N) is 1. The minimum absolute atomic E-state index is 0.248. The van der Waals surface area contributed by atoms with Crippen molar-refractivity contribution in [2.75, 3.05) is 7.05 Å². The monoisotopic (exact) mass is 275 g/mol. The zero-order chi connectivity index (χ0) is 15.1. The van der Waals surface area contributed by atoms with Crippen LogP contribution >= 0.6 is 0 Å². The molecule has 0 spiro atoms. The lowest BCUT2D eigenvalue weighted by Crippen LogP contribution is -2.19. The molecule has 0 aliphatic carbocycles. The van der Waals surface area contributed by atoms with Gasteiger partial charge in [-0.2, -0.15) is 5.10 Å². The predicted molar refractivity (Wildman–Crippen MR) is 79.7 cm³/mol. The van der Waals surface area contributed by atoms with E-state index in [1.807, 2.05) is 13.0 Å². The largest absolute Gasteiger partial charge is 0.355 e. The SMILES string of the molecule is C=Cc1[nH]nc(/C(=C/C)C/C=C\C(=C)F)c1C(=O)NC. The second-order valence-electron chi connectivity index (χ2n) is 4.01. The Labute approximate surface area is 117 Å². The molecule has 0 aliphatic rings. The number of carbonyl (C=O) groups is 1. The number of allylic oxidation sites excluding steroid dienone is 5. The molecule has 1 amide bonds. The van der Waals surface area contributed by atoms with E-state index in [4.69, 9.17) is 0 Å². The Bertz CT molecular complexity index is 582. The van der Waals surface area contributed by atoms with Crippen LogP contribution in [0.25, 0.3) is 11.6 Å². The maximum Gasteiger partial charge on any atom is 0.255 e. The Kier molecular flexibility index (Phi) is 5.65. The van der Waals surface area contributed by atoms with Gasteiger partial charge in [0.15, 0.2) is 0 Å². The molecule has 1 aromatic rings. The third-order valence-electron chi connectivity index (χ3n) is 2.74. The van der Waals surface area contributed by atoms with Crippen molar-refractivity contribution in [2.45, 2.75) is 13.3 Å². The molecule has 0 bridgehead atoms. The van der Waals surface area contributed by atoms with Gasteiger partial charge in [-0.3, -0.25) is 9.89 Å². The summed E-state index contributed by atoms with van der Waals surface area (Å²) in [7, 11) is 1.55. The minimum atomic E-state index is -0.513. The number of hydrogen-bond donors (Lipinski definition) is 2. The lowest BCUT2D eigenvalue weighted by Gasteiger charge is -2.05. The van der Waals surface area contributed by atoms with Crippen molar-refractivity contribution in [3.8, 4) is 0 Å². The Morgan fingerprint density at radius 1 is 1.55 bits per heavy atom. The number of aromatic amines is 1. The Morgan fingerprint density at radius 3 is 2.75 bits per heavy atom. The van der Waals surface area contributed by atoms with E-state index in [9.17, 15) is 9.18 Å². The summed E-state index contributed by atoms with van der Waals surface area (Å²) in [5.74, 6) is -0.761. The molecule has 20 heavy (non-hydrogen) atoms. The zero-order valence-electron chi connectivity index (χ0n) is 11.7. The van der Waals surface area contributed by atoms with E-state index >= 15 is 0 Å². The zero-order valence-corrected chi connectivity index (χ0v) is 11.7. The fourth-order valence-corrected chi connectivity index (χ4v) is 1.76. The van der Waals surface area contributed by atoms with Crippen molar-refractivity contribution in [3.05, 3.63) is 54.2 Å². The van der Waals surface area contributed by atoms with Crippen molar-refractivity contribution in [3.63, 3.8) is 0 Å². The van der Waals surface area contributed by atoms with Gasteiger partial charge in [0.2, 0.25) is 0 Å². The number of rotatable bonds is 6. The third-order valence-corrected chi connectivity index (χ3v) is 2.74. The van der Waals surface area contributed by atoms with Crippen molar-refractivity contribution in [1.29, 1.82) is 0 Å². The Morgan fingerprint density at radius 2 is 2.25 bits per heavy atom. The van der Waals surface area contributed by atoms with Crippen LogP contribution in [0.3, 0.4) is 0 Å². The normalized spacial score (nSPS) is 11.7. The molecule has 1 aromatic heterocycles. The molecule has 1 heterocycles. The van der Waals surface area contributed by atoms with E-state index in [-0.39, 0.29) is 5.91 Å². The summed E-state index contributed by atoms with van der Waals surface area (Å²) < 4.78 is 12.6. The van der Waals surface area contributed by atoms with Crippen LogP contribution in [0.1, 0.15) is 35.1 Å². The molecule has 0 atom stereocenters. The molecule has 4 nitrogen and oxygen atoms in total. The van der Waals surface area contributed by atoms with Gasteiger partial charge < -0.3 is 5.32 Å². The lowest BCUT2D eigenvalue weighted by molar-refractivity contribution is 0.0962. The summed E-state index contributed by atoms with van der Waals surface area (Å²) >= 11 is 0. The highest BCUT2D eigenvalue weighted by molar-refractivity contribution is 6.01. The number of amides is 1. The van der Waals surface area contributed by atoms with Gasteiger partial charge in [-0.15, -0.1) is 0 Å². The molecular weight excluding hydrogens is 257 g/mol. The molecule has 0 aromatic carbocycles. The van der Waals surface area contributed by atoms with Crippen LogP contribution in [0.4, 0.5) is 4.39 Å². The highest BCUT2D eigenvalue weighted by Crippen LogP contribution is 2.24. The maximum atomic E-state index is 12.6. The van der Waals surface area contributed by atoms with Crippen molar-refractivity contribution < 1.29 is 9.18 Å². The summed E-state index contributed by atoms with van der Waals surface area (Å²) in [6.07, 6.45) is 6.73. The third kappa shape index (κ3) is 3.54. The lowest BCUT2D eigenvalue weighted by atomic mass is 10.0. The average molecular weight is 275 g/mol. The number of halogens is 1. The molecule has 0 aliphatic heterocycles. The highest BCUT2D eigenvalue weighted by atomic mass is 19.1. The number of hydrogen-bond acceptors (Lipinski definition) is 2. The highest BCUT2D eigenvalue weighted by Gasteiger charge is 2.19. The van der Waals surface area contributed by atoms with Crippen LogP contribution in [0.5, 0.6) is 0 Å². The summed E-state index contributed by atoms with van der Waals surface area (Å²) in [4.78, 5) is 11.9. The van der Waals surface area contributed by atoms with Crippen LogP contribution in [0.15, 0.2) is 37.2 Å². The second-order valence-corrected chi connectivity index (χ2v) is 4.01. The fourth-order valence-electron chi connectivity index (χ4n) is 1.76. The molecular formula is C15H18FN3O. The van der Waals surface area contributed by atoms with Gasteiger partial charge in [-0.1, -0.05) is 25.3 Å². The van der Waals surface area contributed by atoms with Gasteiger partial charge in [0.1, 0.15) is 11.5 Å². The van der Waals surface area contributed by atoms with Gasteiger partial charge in [0, 0.05) is 7.05 Å². The molecule has 0 saturated carbocycles. The molecule has 5 heteroatoms. The Balaban J connectivity index is 3.16. The molecule has 0 fully saturated rings. The second kappa shape index (κ2) is 7.23. The van der Waals surface area contributed by atoms with E-state index in [0.717, 1.165) is 5.57 Å². The van der Waals surface area contributed by atoms with E-state index in [0.29, 0.717) is 23.4 Å². The Hall–Kier alpha value is -2.43. The number of nitrogens with one attached hydrogen (secondary N) is 2. The first-order valence-electron chi connectivity index (χ1n) is 6.14. The van der Waals surface area contributed by atoms with Gasteiger partial charge >= 0.3 is 0 Å². The first-order valence-corrected chi connectivity index (χ1v) is 6.14. The van der Waals surface area contributed by atoms with E-state index in [1.165, 1.54) is 12.2 Å². The van der Waals surface area contributed by atoms with Crippen molar-refractivity contribution >= 4 is 17.6 Å². The smallest absolute Gasteiger partial charge is 0.255 e.